The number of carbonyl (C=O) groups is 8. The van der Waals surface area contributed by atoms with E-state index in [0.29, 0.717) is 32.2 Å². The van der Waals surface area contributed by atoms with Crippen LogP contribution in [-0.2, 0) is 60.8 Å². The second-order valence-electron chi connectivity index (χ2n) is 21.9. The molecule has 2 aliphatic rings. The molecule has 2 heterocycles. The first-order chi connectivity index (χ1) is 36.1. The number of hydrogen-bond donors (Lipinski definition) is 1. The van der Waals surface area contributed by atoms with Crippen molar-refractivity contribution in [2.45, 2.75) is 169 Å². The maximum Gasteiger partial charge on any atom is 0.410 e. The van der Waals surface area contributed by atoms with Gasteiger partial charge in [-0.25, -0.2) is 4.79 Å². The lowest BCUT2D eigenvalue weighted by atomic mass is 9.83. The minimum Gasteiger partial charge on any atom is -0.445 e. The molecule has 1 N–H and O–H groups in total. The predicted octanol–water partition coefficient (Wildman–Crippen LogP) is 8.36. The molecule has 16 nitrogen and oxygen atoms in total. The lowest BCUT2D eigenvalue weighted by Gasteiger charge is -2.41. The molecular formula is C60H88N4O12. The minimum atomic E-state index is -0.871. The van der Waals surface area contributed by atoms with Crippen molar-refractivity contribution in [3.63, 3.8) is 0 Å². The van der Waals surface area contributed by atoms with Gasteiger partial charge in [0.05, 0.1) is 42.9 Å². The lowest BCUT2D eigenvalue weighted by Crippen LogP contribution is -2.54. The van der Waals surface area contributed by atoms with E-state index < -0.39 is 60.1 Å². The maximum absolute atomic E-state index is 14.7. The molecule has 0 bridgehead atoms. The van der Waals surface area contributed by atoms with E-state index in [4.69, 9.17) is 14.2 Å². The van der Waals surface area contributed by atoms with Crippen LogP contribution in [-0.4, -0.2) is 144 Å². The fraction of sp³-hybridized carbons (Fsp3) is 0.633. The van der Waals surface area contributed by atoms with Crippen molar-refractivity contribution < 1.29 is 57.7 Å². The van der Waals surface area contributed by atoms with Gasteiger partial charge in [0.15, 0.2) is 5.78 Å². The first kappa shape index (κ1) is 63.0. The van der Waals surface area contributed by atoms with Crippen LogP contribution in [0.25, 0.3) is 0 Å². The standard InChI is InChI=1S/C60H88N4O12/c1-13-40(6)56(51(74-11)36-54(70)63-32-19-24-48(63)58(75-12)42(8)49(66)34-41(7)57(71)45-21-15-14-16-22-45)61(9)59(72)47(38(2)3)35-50(67)55(39(4)5)62(10)60(73)76-37-44-27-25-43(26-28-44)20-17-18-23-46(65)31-33-64-52(68)29-30-53(64)69/h14-16,21-22,25-30,38-42,47-48,51,55-58,71H,13,17-20,23-24,31-37H2,1-12H3/t40-,41-,42-,47-,48-,51+,55-,56-,57+,58+/m0/s1. The number of amides is 5. The van der Waals surface area contributed by atoms with E-state index in [1.165, 1.54) is 24.1 Å². The van der Waals surface area contributed by atoms with Crippen molar-refractivity contribution in [1.29, 1.82) is 0 Å². The van der Waals surface area contributed by atoms with Crippen LogP contribution in [0.5, 0.6) is 0 Å². The summed E-state index contributed by atoms with van der Waals surface area (Å²) in [7, 11) is 6.36. The number of carbonyl (C=O) groups excluding carboxylic acids is 8. The summed E-state index contributed by atoms with van der Waals surface area (Å²) in [6, 6.07) is 15.2. The Morgan fingerprint density at radius 3 is 1.95 bits per heavy atom. The summed E-state index contributed by atoms with van der Waals surface area (Å²) in [5.74, 6) is -3.76. The van der Waals surface area contributed by atoms with Crippen LogP contribution in [0.2, 0.25) is 0 Å². The third kappa shape index (κ3) is 17.2. The predicted molar refractivity (Wildman–Crippen MR) is 290 cm³/mol. The van der Waals surface area contributed by atoms with Gasteiger partial charge in [0.25, 0.3) is 11.8 Å². The van der Waals surface area contributed by atoms with Gasteiger partial charge in [-0.05, 0) is 72.5 Å². The Balaban J connectivity index is 1.34. The van der Waals surface area contributed by atoms with Crippen molar-refractivity contribution in [1.82, 2.24) is 19.6 Å². The van der Waals surface area contributed by atoms with Crippen LogP contribution < -0.4 is 0 Å². The summed E-state index contributed by atoms with van der Waals surface area (Å²) in [5, 5.41) is 11.0. The van der Waals surface area contributed by atoms with Crippen molar-refractivity contribution in [3.05, 3.63) is 83.4 Å². The van der Waals surface area contributed by atoms with Crippen molar-refractivity contribution >= 4 is 47.1 Å². The van der Waals surface area contributed by atoms with Crippen LogP contribution in [0, 0.1) is 35.5 Å². The lowest BCUT2D eigenvalue weighted by molar-refractivity contribution is -0.149. The highest BCUT2D eigenvalue weighted by atomic mass is 16.6. The highest BCUT2D eigenvalue weighted by Gasteiger charge is 2.44. The van der Waals surface area contributed by atoms with Crippen LogP contribution in [0.4, 0.5) is 4.79 Å². The molecule has 16 heteroatoms. The number of Topliss-reactive ketones (excluding diaryl/α,β-unsaturated/α-hetero) is 3. The molecule has 0 aromatic heterocycles. The van der Waals surface area contributed by atoms with Gasteiger partial charge in [-0.1, -0.05) is 116 Å². The molecule has 10 atom stereocenters. The zero-order chi connectivity index (χ0) is 56.4. The molecule has 1 saturated heterocycles. The average Bonchev–Trinajstić information content (AvgIpc) is 4.02. The molecule has 0 radical (unpaired) electrons. The molecule has 420 valence electrons. The van der Waals surface area contributed by atoms with Gasteiger partial charge in [-0.2, -0.15) is 0 Å². The summed E-state index contributed by atoms with van der Waals surface area (Å²) in [6.45, 7) is 15.8. The molecule has 5 amide bonds. The molecule has 0 saturated carbocycles. The molecule has 0 aliphatic carbocycles. The van der Waals surface area contributed by atoms with Crippen LogP contribution >= 0.6 is 0 Å². The summed E-state index contributed by atoms with van der Waals surface area (Å²) in [4.78, 5) is 112. The number of aryl methyl sites for hydroxylation is 1. The molecular weight excluding hydrogens is 969 g/mol. The first-order valence-corrected chi connectivity index (χ1v) is 27.5. The first-order valence-electron chi connectivity index (χ1n) is 27.5. The van der Waals surface area contributed by atoms with Gasteiger partial charge in [0.1, 0.15) is 18.2 Å². The third-order valence-corrected chi connectivity index (χ3v) is 15.8. The van der Waals surface area contributed by atoms with Crippen molar-refractivity contribution in [3.8, 4) is 0 Å². The number of imide groups is 1. The fourth-order valence-corrected chi connectivity index (χ4v) is 11.0. The number of methoxy groups -OCH3 is 2. The smallest absolute Gasteiger partial charge is 0.410 e. The molecule has 1 fully saturated rings. The minimum absolute atomic E-state index is 0.00147. The molecule has 2 aromatic rings. The maximum atomic E-state index is 14.7. The van der Waals surface area contributed by atoms with Gasteiger partial charge >= 0.3 is 6.09 Å². The van der Waals surface area contributed by atoms with E-state index >= 15 is 0 Å². The Morgan fingerprint density at radius 1 is 0.737 bits per heavy atom. The highest BCUT2D eigenvalue weighted by Crippen LogP contribution is 2.33. The molecule has 0 unspecified atom stereocenters. The molecule has 2 aliphatic heterocycles. The second-order valence-corrected chi connectivity index (χ2v) is 21.9. The number of likely N-dealkylation sites (tertiary alicyclic amines) is 1. The van der Waals surface area contributed by atoms with Crippen LogP contribution in [0.15, 0.2) is 66.7 Å². The number of ether oxygens (including phenoxy) is 3. The van der Waals surface area contributed by atoms with Crippen molar-refractivity contribution in [2.24, 2.45) is 35.5 Å². The molecule has 0 spiro atoms. The van der Waals surface area contributed by atoms with E-state index in [2.05, 4.69) is 0 Å². The van der Waals surface area contributed by atoms with E-state index in [9.17, 15) is 43.5 Å². The Morgan fingerprint density at radius 2 is 1.37 bits per heavy atom. The SMILES string of the molecule is CC[C@H](C)[C@@H]([C@@H](CC(=O)N1CCC[C@H]1[C@H](OC)[C@@H](C)C(=O)C[C@H](C)[C@@H](O)c1ccccc1)OC)N(C)C(=O)[C@@H](CC(=O)[C@H](C(C)C)N(C)C(=O)OCc1ccc(CCCCC(=O)CCN2C(=O)C=CC2=O)cc1)C(C)C. The number of ketones is 3. The second kappa shape index (κ2) is 30.4. The summed E-state index contributed by atoms with van der Waals surface area (Å²) >= 11 is 0. The number of hydrogen-bond acceptors (Lipinski definition) is 12. The van der Waals surface area contributed by atoms with Gasteiger partial charge in [-0.3, -0.25) is 38.5 Å². The van der Waals surface area contributed by atoms with Gasteiger partial charge < -0.3 is 34.0 Å². The Labute approximate surface area is 452 Å². The van der Waals surface area contributed by atoms with E-state index in [1.807, 2.05) is 110 Å². The Kier molecular flexibility index (Phi) is 25.2. The monoisotopic (exact) mass is 1060 g/mol. The number of aliphatic hydroxyl groups is 1. The number of unbranched alkanes of at least 4 members (excludes halogenated alkanes) is 1. The number of nitrogens with zero attached hydrogens (tertiary/aromatic N) is 4. The molecule has 76 heavy (non-hydrogen) atoms. The van der Waals surface area contributed by atoms with Gasteiger partial charge in [-0.15, -0.1) is 0 Å². The summed E-state index contributed by atoms with van der Waals surface area (Å²) < 4.78 is 17.8. The van der Waals surface area contributed by atoms with Crippen LogP contribution in [0.1, 0.15) is 142 Å². The van der Waals surface area contributed by atoms with E-state index in [-0.39, 0.29) is 97.7 Å². The topological polar surface area (TPSA) is 197 Å². The number of likely N-dealkylation sites (N-methyl/N-ethyl adjacent to an activating group) is 2. The zero-order valence-electron chi connectivity index (χ0n) is 47.4. The Bertz CT molecular complexity index is 2270. The van der Waals surface area contributed by atoms with Gasteiger partial charge in [0, 0.05) is 91.1 Å². The third-order valence-electron chi connectivity index (χ3n) is 15.8. The number of rotatable bonds is 32. The quantitative estimate of drug-likeness (QED) is 0.0544. The van der Waals surface area contributed by atoms with E-state index in [0.717, 1.165) is 40.9 Å². The van der Waals surface area contributed by atoms with Crippen molar-refractivity contribution in [2.75, 3.05) is 41.4 Å². The fourth-order valence-electron chi connectivity index (χ4n) is 11.0. The number of aliphatic hydroxyl groups excluding tert-OH is 1. The Hall–Kier alpha value is -5.58. The zero-order valence-corrected chi connectivity index (χ0v) is 47.4. The summed E-state index contributed by atoms with van der Waals surface area (Å²) in [6.07, 6.45) is 4.47. The van der Waals surface area contributed by atoms with E-state index in [1.54, 1.807) is 31.1 Å². The highest BCUT2D eigenvalue weighted by molar-refractivity contribution is 6.13. The number of benzene rings is 2. The van der Waals surface area contributed by atoms with Crippen LogP contribution in [0.3, 0.4) is 0 Å². The largest absolute Gasteiger partial charge is 0.445 e. The summed E-state index contributed by atoms with van der Waals surface area (Å²) in [5.41, 5.74) is 2.57. The average molecular weight is 1060 g/mol. The van der Waals surface area contributed by atoms with Gasteiger partial charge in [0.2, 0.25) is 11.8 Å². The molecule has 2 aromatic carbocycles. The normalized spacial score (nSPS) is 18.2. The molecule has 4 rings (SSSR count).